The Hall–Kier alpha value is -3.78. The van der Waals surface area contributed by atoms with E-state index in [9.17, 15) is 19.5 Å². The number of ether oxygens (including phenoxy) is 1. The van der Waals surface area contributed by atoms with E-state index >= 15 is 0 Å². The quantitative estimate of drug-likeness (QED) is 0.343. The number of thiol groups is 1. The summed E-state index contributed by atoms with van der Waals surface area (Å²) in [5.41, 5.74) is 5.20. The van der Waals surface area contributed by atoms with Crippen molar-refractivity contribution in [3.05, 3.63) is 95.6 Å². The molecular weight excluding hydrogens is 464 g/mol. The van der Waals surface area contributed by atoms with Crippen LogP contribution in [0.3, 0.4) is 0 Å². The molecule has 0 aliphatic heterocycles. The van der Waals surface area contributed by atoms with Gasteiger partial charge in [0.1, 0.15) is 18.7 Å². The molecule has 7 nitrogen and oxygen atoms in total. The van der Waals surface area contributed by atoms with Crippen molar-refractivity contribution in [3.63, 3.8) is 0 Å². The molecular formula is C27H26N2O5S. The van der Waals surface area contributed by atoms with Crippen LogP contribution in [0.5, 0.6) is 0 Å². The number of alkyl carbamates (subject to hydrolysis) is 1. The molecule has 1 aliphatic rings. The molecule has 0 saturated heterocycles. The molecule has 0 heterocycles. The van der Waals surface area contributed by atoms with Gasteiger partial charge in [0, 0.05) is 18.1 Å². The van der Waals surface area contributed by atoms with E-state index in [2.05, 4.69) is 35.4 Å². The molecule has 180 valence electrons. The van der Waals surface area contributed by atoms with Gasteiger partial charge < -0.3 is 20.5 Å². The summed E-state index contributed by atoms with van der Waals surface area (Å²) < 4.78 is 5.58. The highest BCUT2D eigenvalue weighted by atomic mass is 32.1. The highest BCUT2D eigenvalue weighted by Crippen LogP contribution is 2.44. The average Bonchev–Trinajstić information content (AvgIpc) is 3.19. The summed E-state index contributed by atoms with van der Waals surface area (Å²) in [4.78, 5) is 37.0. The maximum atomic E-state index is 12.9. The van der Waals surface area contributed by atoms with Gasteiger partial charge in [0.15, 0.2) is 0 Å². The first-order valence-corrected chi connectivity index (χ1v) is 11.9. The molecule has 0 unspecified atom stereocenters. The molecule has 35 heavy (non-hydrogen) atoms. The Morgan fingerprint density at radius 1 is 0.829 bits per heavy atom. The minimum atomic E-state index is -1.20. The minimum absolute atomic E-state index is 0.0793. The van der Waals surface area contributed by atoms with Crippen molar-refractivity contribution in [1.82, 2.24) is 10.6 Å². The first kappa shape index (κ1) is 24.3. The number of carbonyl (C=O) groups excluding carboxylic acids is 2. The number of hydrogen-bond acceptors (Lipinski definition) is 5. The van der Waals surface area contributed by atoms with E-state index in [1.54, 1.807) is 0 Å². The molecule has 1 aliphatic carbocycles. The predicted molar refractivity (Wildman–Crippen MR) is 136 cm³/mol. The summed E-state index contributed by atoms with van der Waals surface area (Å²) in [5, 5.41) is 14.3. The summed E-state index contributed by atoms with van der Waals surface area (Å²) in [6.07, 6.45) is -0.573. The topological polar surface area (TPSA) is 105 Å². The molecule has 2 amide bonds. The van der Waals surface area contributed by atoms with Gasteiger partial charge in [-0.3, -0.25) is 4.79 Å². The average molecular weight is 491 g/mol. The van der Waals surface area contributed by atoms with Crippen LogP contribution in [0.25, 0.3) is 11.1 Å². The van der Waals surface area contributed by atoms with Crippen molar-refractivity contribution < 1.29 is 24.2 Å². The Labute approximate surface area is 208 Å². The first-order chi connectivity index (χ1) is 17.0. The zero-order valence-corrected chi connectivity index (χ0v) is 19.8. The smallest absolute Gasteiger partial charge is 0.407 e. The maximum Gasteiger partial charge on any atom is 0.407 e. The van der Waals surface area contributed by atoms with E-state index in [0.717, 1.165) is 27.8 Å². The van der Waals surface area contributed by atoms with Gasteiger partial charge in [-0.05, 0) is 27.8 Å². The van der Waals surface area contributed by atoms with Crippen molar-refractivity contribution in [2.45, 2.75) is 24.4 Å². The Balaban J connectivity index is 1.46. The molecule has 3 N–H and O–H groups in total. The lowest BCUT2D eigenvalue weighted by molar-refractivity contribution is -0.141. The van der Waals surface area contributed by atoms with E-state index in [1.165, 1.54) is 0 Å². The molecule has 4 rings (SSSR count). The maximum absolute atomic E-state index is 12.9. The highest BCUT2D eigenvalue weighted by Gasteiger charge is 2.30. The summed E-state index contributed by atoms with van der Waals surface area (Å²) in [6, 6.07) is 23.0. The Kier molecular flexibility index (Phi) is 7.72. The number of carboxylic acid groups (broad SMARTS) is 1. The van der Waals surface area contributed by atoms with Crippen molar-refractivity contribution in [2.75, 3.05) is 12.4 Å². The monoisotopic (exact) mass is 490 g/mol. The van der Waals surface area contributed by atoms with Crippen LogP contribution in [-0.4, -0.2) is 47.5 Å². The number of hydrogen-bond donors (Lipinski definition) is 4. The fraction of sp³-hybridized carbons (Fsp3) is 0.222. The van der Waals surface area contributed by atoms with Crippen LogP contribution < -0.4 is 10.6 Å². The summed E-state index contributed by atoms with van der Waals surface area (Å²) in [7, 11) is 0. The first-order valence-electron chi connectivity index (χ1n) is 11.3. The molecule has 0 saturated carbocycles. The van der Waals surface area contributed by atoms with Crippen molar-refractivity contribution in [1.29, 1.82) is 0 Å². The highest BCUT2D eigenvalue weighted by molar-refractivity contribution is 7.80. The number of amides is 2. The van der Waals surface area contributed by atoms with Crippen LogP contribution in [0.4, 0.5) is 4.79 Å². The van der Waals surface area contributed by atoms with Crippen LogP contribution in [-0.2, 0) is 20.7 Å². The minimum Gasteiger partial charge on any atom is -0.480 e. The van der Waals surface area contributed by atoms with Gasteiger partial charge >= 0.3 is 12.1 Å². The molecule has 0 spiro atoms. The molecule has 3 aromatic carbocycles. The van der Waals surface area contributed by atoms with Gasteiger partial charge in [-0.1, -0.05) is 78.9 Å². The predicted octanol–water partition coefficient (Wildman–Crippen LogP) is 3.64. The SMILES string of the molecule is O=C(N[C@H](Cc1ccccc1)C(=O)N[C@@H](CS)C(=O)O)OCC1c2ccccc2-c2ccccc21. The van der Waals surface area contributed by atoms with Crippen LogP contribution >= 0.6 is 12.6 Å². The standard InChI is InChI=1S/C27H26N2O5S/c30-25(28-24(16-35)26(31)32)23(14-17-8-2-1-3-9-17)29-27(33)34-15-22-20-12-6-4-10-18(20)19-11-5-7-13-21(19)22/h1-13,22-24,35H,14-16H2,(H,28,30)(H,29,33)(H,31,32)/t23-,24+/m1/s1. The molecule has 3 aromatic rings. The third-order valence-electron chi connectivity index (χ3n) is 6.03. The third kappa shape index (κ3) is 5.66. The largest absolute Gasteiger partial charge is 0.480 e. The Morgan fingerprint density at radius 2 is 1.40 bits per heavy atom. The van der Waals surface area contributed by atoms with Gasteiger partial charge in [0.25, 0.3) is 0 Å². The van der Waals surface area contributed by atoms with Gasteiger partial charge in [-0.25, -0.2) is 9.59 Å². The number of fused-ring (bicyclic) bond motifs is 3. The van der Waals surface area contributed by atoms with E-state index < -0.39 is 30.1 Å². The second-order valence-electron chi connectivity index (χ2n) is 8.29. The number of benzene rings is 3. The fourth-order valence-electron chi connectivity index (χ4n) is 4.30. The summed E-state index contributed by atoms with van der Waals surface area (Å²) in [5.74, 6) is -2.02. The van der Waals surface area contributed by atoms with E-state index in [0.29, 0.717) is 0 Å². The lowest BCUT2D eigenvalue weighted by Gasteiger charge is -2.21. The molecule has 2 atom stereocenters. The second kappa shape index (κ2) is 11.1. The fourth-order valence-corrected chi connectivity index (χ4v) is 4.55. The number of nitrogens with one attached hydrogen (secondary N) is 2. The van der Waals surface area contributed by atoms with Crippen LogP contribution in [0.15, 0.2) is 78.9 Å². The van der Waals surface area contributed by atoms with Crippen LogP contribution in [0.1, 0.15) is 22.6 Å². The number of aliphatic carboxylic acids is 1. The summed E-state index contributed by atoms with van der Waals surface area (Å²) in [6.45, 7) is 0.105. The number of rotatable bonds is 9. The van der Waals surface area contributed by atoms with Crippen molar-refractivity contribution >= 4 is 30.6 Å². The number of carboxylic acids is 1. The molecule has 0 fully saturated rings. The number of carbonyl (C=O) groups is 3. The molecule has 0 bridgehead atoms. The van der Waals surface area contributed by atoms with E-state index in [4.69, 9.17) is 4.74 Å². The zero-order chi connectivity index (χ0) is 24.8. The van der Waals surface area contributed by atoms with Gasteiger partial charge in [-0.2, -0.15) is 12.6 Å². The lowest BCUT2D eigenvalue weighted by Crippen LogP contribution is -2.53. The molecule has 0 aromatic heterocycles. The van der Waals surface area contributed by atoms with Crippen molar-refractivity contribution in [3.8, 4) is 11.1 Å². The lowest BCUT2D eigenvalue weighted by atomic mass is 9.98. The van der Waals surface area contributed by atoms with Gasteiger partial charge in [0.05, 0.1) is 0 Å². The Morgan fingerprint density at radius 3 is 1.97 bits per heavy atom. The summed E-state index contributed by atoms with van der Waals surface area (Å²) >= 11 is 3.99. The Bertz CT molecular complexity index is 1170. The second-order valence-corrected chi connectivity index (χ2v) is 8.66. The third-order valence-corrected chi connectivity index (χ3v) is 6.40. The van der Waals surface area contributed by atoms with Crippen molar-refractivity contribution in [2.24, 2.45) is 0 Å². The normalized spacial score (nSPS) is 13.7. The van der Waals surface area contributed by atoms with Gasteiger partial charge in [-0.15, -0.1) is 0 Å². The molecule has 0 radical (unpaired) electrons. The van der Waals surface area contributed by atoms with Gasteiger partial charge in [0.2, 0.25) is 5.91 Å². The van der Waals surface area contributed by atoms with E-state index in [-0.39, 0.29) is 24.7 Å². The zero-order valence-electron chi connectivity index (χ0n) is 18.9. The van der Waals surface area contributed by atoms with Crippen LogP contribution in [0, 0.1) is 0 Å². The molecule has 8 heteroatoms. The van der Waals surface area contributed by atoms with E-state index in [1.807, 2.05) is 66.7 Å². The van der Waals surface area contributed by atoms with Crippen LogP contribution in [0.2, 0.25) is 0 Å².